The summed E-state index contributed by atoms with van der Waals surface area (Å²) >= 11 is 0. The average molecular weight is 389 g/mol. The maximum atomic E-state index is 13.0. The fraction of sp³-hybridized carbons (Fsp3) is 0.300. The molecule has 0 unspecified atom stereocenters. The minimum Gasteiger partial charge on any atom is -0.465 e. The van der Waals surface area contributed by atoms with Crippen molar-refractivity contribution in [2.75, 3.05) is 24.2 Å². The van der Waals surface area contributed by atoms with Crippen LogP contribution in [0, 0.1) is 20.8 Å². The fourth-order valence-electron chi connectivity index (χ4n) is 3.18. The third kappa shape index (κ3) is 4.54. The number of esters is 1. The second kappa shape index (κ2) is 7.92. The van der Waals surface area contributed by atoms with Gasteiger partial charge in [0.25, 0.3) is 0 Å². The third-order valence-corrected chi connectivity index (χ3v) is 5.35. The van der Waals surface area contributed by atoms with E-state index in [0.717, 1.165) is 27.3 Å². The number of rotatable bonds is 6. The smallest absolute Gasteiger partial charge is 0.340 e. The predicted octanol–water partition coefficient (Wildman–Crippen LogP) is 3.05. The van der Waals surface area contributed by atoms with Crippen LogP contribution in [0.4, 0.5) is 5.69 Å². The number of nitrogens with zero attached hydrogens (tertiary/aromatic N) is 1. The SMILES string of the molecule is COC(=O)c1ccccc1N(CC(=O)c1c(C)cc(C)cc1C)S(C)(=O)=O. The number of ketones is 1. The van der Waals surface area contributed by atoms with E-state index >= 15 is 0 Å². The molecule has 27 heavy (non-hydrogen) atoms. The zero-order chi connectivity index (χ0) is 20.4. The van der Waals surface area contributed by atoms with Crippen molar-refractivity contribution in [3.63, 3.8) is 0 Å². The average Bonchev–Trinajstić information content (AvgIpc) is 2.57. The first-order valence-corrected chi connectivity index (χ1v) is 10.2. The largest absolute Gasteiger partial charge is 0.465 e. The first-order chi connectivity index (χ1) is 12.6. The van der Waals surface area contributed by atoms with E-state index in [-0.39, 0.29) is 17.0 Å². The van der Waals surface area contributed by atoms with E-state index in [1.807, 2.05) is 32.9 Å². The lowest BCUT2D eigenvalue weighted by atomic mass is 9.96. The van der Waals surface area contributed by atoms with Crippen LogP contribution in [-0.4, -0.2) is 40.1 Å². The zero-order valence-corrected chi connectivity index (χ0v) is 16.9. The minimum atomic E-state index is -3.81. The topological polar surface area (TPSA) is 80.8 Å². The molecule has 0 N–H and O–H groups in total. The van der Waals surface area contributed by atoms with Crippen LogP contribution in [0.1, 0.15) is 37.4 Å². The van der Waals surface area contributed by atoms with Gasteiger partial charge in [-0.2, -0.15) is 0 Å². The molecule has 6 nitrogen and oxygen atoms in total. The van der Waals surface area contributed by atoms with Crippen molar-refractivity contribution in [2.45, 2.75) is 20.8 Å². The monoisotopic (exact) mass is 389 g/mol. The molecule has 2 aromatic rings. The molecular weight excluding hydrogens is 366 g/mol. The Labute approximate surface area is 159 Å². The number of Topliss-reactive ketones (excluding diaryl/α,β-unsaturated/α-hetero) is 1. The van der Waals surface area contributed by atoms with Gasteiger partial charge in [0, 0.05) is 5.56 Å². The van der Waals surface area contributed by atoms with Crippen LogP contribution >= 0.6 is 0 Å². The third-order valence-electron chi connectivity index (χ3n) is 4.22. The Morgan fingerprint density at radius 1 is 1.04 bits per heavy atom. The van der Waals surface area contributed by atoms with Crippen molar-refractivity contribution in [2.24, 2.45) is 0 Å². The lowest BCUT2D eigenvalue weighted by Crippen LogP contribution is -2.36. The van der Waals surface area contributed by atoms with Gasteiger partial charge in [0.15, 0.2) is 5.78 Å². The van der Waals surface area contributed by atoms with Crippen molar-refractivity contribution in [1.82, 2.24) is 0 Å². The van der Waals surface area contributed by atoms with Crippen molar-refractivity contribution in [1.29, 1.82) is 0 Å². The second-order valence-electron chi connectivity index (χ2n) is 6.48. The highest BCUT2D eigenvalue weighted by molar-refractivity contribution is 7.92. The van der Waals surface area contributed by atoms with E-state index in [1.54, 1.807) is 12.1 Å². The molecule has 0 atom stereocenters. The summed E-state index contributed by atoms with van der Waals surface area (Å²) in [5.41, 5.74) is 3.28. The lowest BCUT2D eigenvalue weighted by molar-refractivity contribution is 0.0601. The lowest BCUT2D eigenvalue weighted by Gasteiger charge is -2.24. The summed E-state index contributed by atoms with van der Waals surface area (Å²) in [6, 6.07) is 9.92. The number of anilines is 1. The van der Waals surface area contributed by atoms with Gasteiger partial charge in [0.1, 0.15) is 0 Å². The van der Waals surface area contributed by atoms with E-state index in [1.165, 1.54) is 19.2 Å². The summed E-state index contributed by atoms with van der Waals surface area (Å²) in [4.78, 5) is 25.0. The summed E-state index contributed by atoms with van der Waals surface area (Å²) in [6.07, 6.45) is 1.00. The van der Waals surface area contributed by atoms with Gasteiger partial charge in [0.2, 0.25) is 10.0 Å². The van der Waals surface area contributed by atoms with Crippen LogP contribution in [-0.2, 0) is 14.8 Å². The second-order valence-corrected chi connectivity index (χ2v) is 8.38. The Hall–Kier alpha value is -2.67. The minimum absolute atomic E-state index is 0.0792. The van der Waals surface area contributed by atoms with Gasteiger partial charge >= 0.3 is 5.97 Å². The van der Waals surface area contributed by atoms with Crippen molar-refractivity contribution in [3.8, 4) is 0 Å². The van der Waals surface area contributed by atoms with Gasteiger partial charge in [-0.1, -0.05) is 29.8 Å². The number of hydrogen-bond acceptors (Lipinski definition) is 5. The summed E-state index contributed by atoms with van der Waals surface area (Å²) in [6.45, 7) is 5.17. The number of sulfonamides is 1. The molecule has 2 aromatic carbocycles. The molecule has 0 aromatic heterocycles. The number of ether oxygens (including phenoxy) is 1. The van der Waals surface area contributed by atoms with E-state index in [4.69, 9.17) is 4.74 Å². The van der Waals surface area contributed by atoms with Gasteiger partial charge in [-0.15, -0.1) is 0 Å². The molecule has 144 valence electrons. The fourth-order valence-corrected chi connectivity index (χ4v) is 4.05. The Morgan fingerprint density at radius 3 is 2.11 bits per heavy atom. The summed E-state index contributed by atoms with van der Waals surface area (Å²) in [7, 11) is -2.60. The summed E-state index contributed by atoms with van der Waals surface area (Å²) in [5, 5.41) is 0. The van der Waals surface area contributed by atoms with Crippen LogP contribution in [0.2, 0.25) is 0 Å². The van der Waals surface area contributed by atoms with Gasteiger partial charge < -0.3 is 4.74 Å². The standard InChI is InChI=1S/C20H23NO5S/c1-13-10-14(2)19(15(3)11-13)18(22)12-21(27(5,24)25)17-9-7-6-8-16(17)20(23)26-4/h6-11H,12H2,1-5H3. The highest BCUT2D eigenvalue weighted by atomic mass is 32.2. The summed E-state index contributed by atoms with van der Waals surface area (Å²) in [5.74, 6) is -1.01. The number of carbonyl (C=O) groups excluding carboxylic acids is 2. The Balaban J connectivity index is 2.53. The molecule has 2 rings (SSSR count). The van der Waals surface area contributed by atoms with Crippen LogP contribution in [0.15, 0.2) is 36.4 Å². The molecule has 0 fully saturated rings. The number of hydrogen-bond donors (Lipinski definition) is 0. The highest BCUT2D eigenvalue weighted by Crippen LogP contribution is 2.25. The predicted molar refractivity (Wildman–Crippen MR) is 105 cm³/mol. The molecule has 0 heterocycles. The quantitative estimate of drug-likeness (QED) is 0.560. The molecule has 0 aliphatic rings. The van der Waals surface area contributed by atoms with Crippen LogP contribution < -0.4 is 4.31 Å². The van der Waals surface area contributed by atoms with Crippen LogP contribution in [0.3, 0.4) is 0 Å². The van der Waals surface area contributed by atoms with Crippen LogP contribution in [0.5, 0.6) is 0 Å². The number of para-hydroxylation sites is 1. The Kier molecular flexibility index (Phi) is 6.05. The molecule has 0 radical (unpaired) electrons. The number of aryl methyl sites for hydroxylation is 3. The molecule has 0 bridgehead atoms. The number of benzene rings is 2. The maximum absolute atomic E-state index is 13.0. The molecule has 0 amide bonds. The first-order valence-electron chi connectivity index (χ1n) is 8.32. The highest BCUT2D eigenvalue weighted by Gasteiger charge is 2.27. The van der Waals surface area contributed by atoms with Crippen LogP contribution in [0.25, 0.3) is 0 Å². The van der Waals surface area contributed by atoms with Crippen molar-refractivity contribution < 1.29 is 22.7 Å². The van der Waals surface area contributed by atoms with E-state index in [0.29, 0.717) is 5.56 Å². The maximum Gasteiger partial charge on any atom is 0.340 e. The molecule has 0 saturated carbocycles. The number of carbonyl (C=O) groups is 2. The Bertz CT molecular complexity index is 972. The van der Waals surface area contributed by atoms with E-state index < -0.39 is 22.5 Å². The van der Waals surface area contributed by atoms with Gasteiger partial charge in [-0.3, -0.25) is 9.10 Å². The molecule has 0 spiro atoms. The van der Waals surface area contributed by atoms with Crippen molar-refractivity contribution >= 4 is 27.5 Å². The Morgan fingerprint density at radius 2 is 1.59 bits per heavy atom. The molecule has 0 saturated heterocycles. The zero-order valence-electron chi connectivity index (χ0n) is 16.1. The molecule has 0 aliphatic carbocycles. The van der Waals surface area contributed by atoms with Gasteiger partial charge in [-0.25, -0.2) is 13.2 Å². The first kappa shape index (κ1) is 20.6. The van der Waals surface area contributed by atoms with Gasteiger partial charge in [0.05, 0.1) is 31.2 Å². The molecule has 0 aliphatic heterocycles. The van der Waals surface area contributed by atoms with E-state index in [2.05, 4.69) is 0 Å². The van der Waals surface area contributed by atoms with E-state index in [9.17, 15) is 18.0 Å². The summed E-state index contributed by atoms with van der Waals surface area (Å²) < 4.78 is 30.5. The van der Waals surface area contributed by atoms with Gasteiger partial charge in [-0.05, 0) is 44.0 Å². The molecular formula is C20H23NO5S. The van der Waals surface area contributed by atoms with Crippen molar-refractivity contribution in [3.05, 3.63) is 64.2 Å². The normalized spacial score (nSPS) is 11.1. The molecule has 7 heteroatoms. The number of methoxy groups -OCH3 is 1.